The van der Waals surface area contributed by atoms with Crippen LogP contribution >= 0.6 is 0 Å². The van der Waals surface area contributed by atoms with Crippen LogP contribution in [0.1, 0.15) is 23.2 Å². The number of hydrogen-bond acceptors (Lipinski definition) is 2. The number of allylic oxidation sites excluding steroid dienone is 2. The third kappa shape index (κ3) is 2.19. The summed E-state index contributed by atoms with van der Waals surface area (Å²) >= 11 is 0. The van der Waals surface area contributed by atoms with Crippen molar-refractivity contribution in [3.8, 4) is 0 Å². The molecule has 0 aromatic heterocycles. The van der Waals surface area contributed by atoms with Gasteiger partial charge in [-0.15, -0.1) is 0 Å². The second kappa shape index (κ2) is 5.34. The van der Waals surface area contributed by atoms with Crippen molar-refractivity contribution in [1.29, 1.82) is 0 Å². The summed E-state index contributed by atoms with van der Waals surface area (Å²) in [6, 6.07) is 21.1. The lowest BCUT2D eigenvalue weighted by atomic mass is 9.91. The molecular weight excluding hydrogens is 267 g/mol. The van der Waals surface area contributed by atoms with E-state index in [9.17, 15) is 0 Å². The molecule has 0 saturated heterocycles. The van der Waals surface area contributed by atoms with Gasteiger partial charge in [-0.3, -0.25) is 4.99 Å². The molecule has 0 amide bonds. The van der Waals surface area contributed by atoms with Gasteiger partial charge in [0.1, 0.15) is 19.7 Å². The van der Waals surface area contributed by atoms with Crippen molar-refractivity contribution in [1.82, 2.24) is 4.90 Å². The van der Waals surface area contributed by atoms with Crippen molar-refractivity contribution in [3.05, 3.63) is 95.6 Å². The molecule has 104 valence electrons. The Morgan fingerprint density at radius 1 is 0.818 bits per heavy atom. The lowest BCUT2D eigenvalue weighted by molar-refractivity contribution is 0.395. The van der Waals surface area contributed by atoms with Crippen molar-refractivity contribution < 1.29 is 0 Å². The fourth-order valence-corrected chi connectivity index (χ4v) is 3.12. The Labute approximate surface area is 131 Å². The molecule has 2 aromatic rings. The molecule has 2 nitrogen and oxygen atoms in total. The van der Waals surface area contributed by atoms with Gasteiger partial charge in [0, 0.05) is 0 Å². The summed E-state index contributed by atoms with van der Waals surface area (Å²) in [4.78, 5) is 7.11. The maximum Gasteiger partial charge on any atom is 0.128 e. The number of fused-ring (bicyclic) bond motifs is 1. The highest BCUT2D eigenvalue weighted by Crippen LogP contribution is 2.43. The van der Waals surface area contributed by atoms with E-state index in [-0.39, 0.29) is 12.1 Å². The molecule has 2 aliphatic rings. The fourth-order valence-electron chi connectivity index (χ4n) is 3.12. The average Bonchev–Trinajstić information content (AvgIpc) is 2.95. The van der Waals surface area contributed by atoms with Gasteiger partial charge in [0.2, 0.25) is 0 Å². The second-order valence-electron chi connectivity index (χ2n) is 5.57. The van der Waals surface area contributed by atoms with E-state index < -0.39 is 0 Å². The van der Waals surface area contributed by atoms with E-state index in [1.807, 2.05) is 30.5 Å². The van der Waals surface area contributed by atoms with Gasteiger partial charge >= 0.3 is 0 Å². The van der Waals surface area contributed by atoms with Gasteiger partial charge in [-0.25, -0.2) is 0 Å². The molecule has 2 aromatic carbocycles. The van der Waals surface area contributed by atoms with E-state index in [0.29, 0.717) is 0 Å². The molecule has 4 rings (SSSR count). The smallest absolute Gasteiger partial charge is 0.128 e. The molecule has 0 aliphatic carbocycles. The molecule has 3 heteroatoms. The lowest BCUT2D eigenvalue weighted by Crippen LogP contribution is -2.27. The molecule has 2 aliphatic heterocycles. The number of amidine groups is 1. The van der Waals surface area contributed by atoms with Crippen LogP contribution in [0, 0.1) is 0 Å². The quantitative estimate of drug-likeness (QED) is 0.766. The standard InChI is InChI=1S/C19H15BN2/c20-16-11-12-17-21-18(14-7-3-1-4-8-14)19(22(17)13-16)15-9-5-2-6-10-15/h1-13,18-19H. The summed E-state index contributed by atoms with van der Waals surface area (Å²) in [6.45, 7) is 0. The highest BCUT2D eigenvalue weighted by molar-refractivity contribution is 6.24. The predicted octanol–water partition coefficient (Wildman–Crippen LogP) is 3.76. The van der Waals surface area contributed by atoms with Crippen LogP contribution in [0.4, 0.5) is 0 Å². The molecule has 0 spiro atoms. The van der Waals surface area contributed by atoms with Crippen molar-refractivity contribution in [3.63, 3.8) is 0 Å². The van der Waals surface area contributed by atoms with Crippen LogP contribution in [0.5, 0.6) is 0 Å². The molecule has 0 N–H and O–H groups in total. The first-order valence-electron chi connectivity index (χ1n) is 7.44. The van der Waals surface area contributed by atoms with Gasteiger partial charge in [0.25, 0.3) is 0 Å². The predicted molar refractivity (Wildman–Crippen MR) is 90.6 cm³/mol. The summed E-state index contributed by atoms with van der Waals surface area (Å²) in [7, 11) is 5.99. The highest BCUT2D eigenvalue weighted by atomic mass is 15.3. The zero-order valence-electron chi connectivity index (χ0n) is 12.1. The lowest BCUT2D eigenvalue weighted by Gasteiger charge is -2.29. The van der Waals surface area contributed by atoms with Crippen molar-refractivity contribution in [2.75, 3.05) is 0 Å². The molecule has 2 atom stereocenters. The van der Waals surface area contributed by atoms with Crippen LogP contribution in [-0.4, -0.2) is 18.6 Å². The Hall–Kier alpha value is -2.55. The summed E-state index contributed by atoms with van der Waals surface area (Å²) < 4.78 is 0. The fraction of sp³-hybridized carbons (Fsp3) is 0.105. The average molecular weight is 282 g/mol. The molecule has 22 heavy (non-hydrogen) atoms. The minimum atomic E-state index is 0.0744. The topological polar surface area (TPSA) is 15.6 Å². The van der Waals surface area contributed by atoms with Crippen LogP contribution in [0.3, 0.4) is 0 Å². The second-order valence-corrected chi connectivity index (χ2v) is 5.57. The van der Waals surface area contributed by atoms with Crippen LogP contribution < -0.4 is 0 Å². The molecular formula is C19H15BN2. The van der Waals surface area contributed by atoms with Crippen molar-refractivity contribution in [2.45, 2.75) is 12.1 Å². The van der Waals surface area contributed by atoms with Gasteiger partial charge in [0.05, 0.1) is 6.04 Å². The first-order valence-corrected chi connectivity index (χ1v) is 7.44. The van der Waals surface area contributed by atoms with Crippen LogP contribution in [0.25, 0.3) is 0 Å². The van der Waals surface area contributed by atoms with E-state index >= 15 is 0 Å². The highest BCUT2D eigenvalue weighted by Gasteiger charge is 2.36. The number of rotatable bonds is 2. The Morgan fingerprint density at radius 2 is 1.45 bits per heavy atom. The van der Waals surface area contributed by atoms with E-state index in [1.165, 1.54) is 11.1 Å². The minimum Gasteiger partial charge on any atom is -0.324 e. The van der Waals surface area contributed by atoms with Crippen LogP contribution in [0.2, 0.25) is 0 Å². The van der Waals surface area contributed by atoms with Crippen molar-refractivity contribution in [2.24, 2.45) is 4.99 Å². The number of aliphatic imine (C=N–C) groups is 1. The minimum absolute atomic E-state index is 0.0744. The largest absolute Gasteiger partial charge is 0.324 e. The Bertz CT molecular complexity index is 763. The normalized spacial score (nSPS) is 23.0. The Morgan fingerprint density at radius 3 is 2.14 bits per heavy atom. The van der Waals surface area contributed by atoms with E-state index in [0.717, 1.165) is 11.3 Å². The number of nitrogens with zero attached hydrogens (tertiary/aromatic N) is 2. The maximum absolute atomic E-state index is 5.99. The third-order valence-electron chi connectivity index (χ3n) is 4.13. The van der Waals surface area contributed by atoms with E-state index in [4.69, 9.17) is 12.8 Å². The molecule has 2 radical (unpaired) electrons. The summed E-state index contributed by atoms with van der Waals surface area (Å²) in [5, 5.41) is 0. The van der Waals surface area contributed by atoms with Gasteiger partial charge in [-0.05, 0) is 23.4 Å². The molecule has 0 fully saturated rings. The zero-order chi connectivity index (χ0) is 14.9. The Balaban J connectivity index is 1.82. The van der Waals surface area contributed by atoms with Crippen molar-refractivity contribution >= 4 is 13.7 Å². The van der Waals surface area contributed by atoms with Gasteiger partial charge in [-0.1, -0.05) is 72.2 Å². The first-order chi connectivity index (χ1) is 10.8. The Kier molecular flexibility index (Phi) is 3.19. The monoisotopic (exact) mass is 282 g/mol. The summed E-state index contributed by atoms with van der Waals surface area (Å²) in [5.74, 6) is 0.969. The molecule has 0 saturated carbocycles. The van der Waals surface area contributed by atoms with Gasteiger partial charge < -0.3 is 4.90 Å². The SMILES string of the molecule is [B]C1=CN2C(=NC(c3ccccc3)C2c2ccccc2)C=C1. The molecule has 0 bridgehead atoms. The number of hydrogen-bond donors (Lipinski definition) is 0. The molecule has 2 heterocycles. The van der Waals surface area contributed by atoms with Crippen LogP contribution in [0.15, 0.2) is 89.5 Å². The van der Waals surface area contributed by atoms with E-state index in [2.05, 4.69) is 53.4 Å². The number of benzene rings is 2. The summed E-state index contributed by atoms with van der Waals surface area (Å²) in [5.41, 5.74) is 3.22. The first kappa shape index (κ1) is 13.1. The zero-order valence-corrected chi connectivity index (χ0v) is 12.1. The maximum atomic E-state index is 5.99. The van der Waals surface area contributed by atoms with Gasteiger partial charge in [0.15, 0.2) is 0 Å². The third-order valence-corrected chi connectivity index (χ3v) is 4.13. The van der Waals surface area contributed by atoms with Crippen LogP contribution in [-0.2, 0) is 0 Å². The molecule has 2 unspecified atom stereocenters. The summed E-state index contributed by atoms with van der Waals surface area (Å²) in [6.07, 6.45) is 5.89. The van der Waals surface area contributed by atoms with E-state index in [1.54, 1.807) is 0 Å². The van der Waals surface area contributed by atoms with Gasteiger partial charge in [-0.2, -0.15) is 0 Å².